The number of aromatic nitrogens is 2. The van der Waals surface area contributed by atoms with Gasteiger partial charge in [0.2, 0.25) is 0 Å². The highest BCUT2D eigenvalue weighted by molar-refractivity contribution is 5.86. The van der Waals surface area contributed by atoms with Crippen LogP contribution in [0, 0.1) is 6.92 Å². The first kappa shape index (κ1) is 10.1. The van der Waals surface area contributed by atoms with Crippen LogP contribution in [0.15, 0.2) is 34.9 Å². The minimum Gasteiger partial charge on any atom is -0.360 e. The highest BCUT2D eigenvalue weighted by atomic mass is 16.5. The van der Waals surface area contributed by atoms with Crippen LogP contribution in [0.5, 0.6) is 0 Å². The van der Waals surface area contributed by atoms with E-state index < -0.39 is 0 Å². The zero-order chi connectivity index (χ0) is 11.8. The molecule has 0 amide bonds. The maximum Gasteiger partial charge on any atom is 0.146 e. The Labute approximate surface area is 99.4 Å². The summed E-state index contributed by atoms with van der Waals surface area (Å²) in [4.78, 5) is 3.41. The van der Waals surface area contributed by atoms with E-state index in [1.807, 2.05) is 19.1 Å². The lowest BCUT2D eigenvalue weighted by molar-refractivity contribution is 0.383. The molecule has 0 aliphatic rings. The molecule has 0 bridgehead atoms. The van der Waals surface area contributed by atoms with E-state index in [4.69, 9.17) is 4.52 Å². The van der Waals surface area contributed by atoms with E-state index in [0.29, 0.717) is 0 Å². The SMILES string of the molecule is CCc1onc(C)c1-c1cc2ccccc2[nH]1. The summed E-state index contributed by atoms with van der Waals surface area (Å²) in [6, 6.07) is 10.4. The van der Waals surface area contributed by atoms with Crippen molar-refractivity contribution >= 4 is 10.9 Å². The lowest BCUT2D eigenvalue weighted by Crippen LogP contribution is -1.84. The van der Waals surface area contributed by atoms with E-state index in [1.165, 1.54) is 5.39 Å². The van der Waals surface area contributed by atoms with E-state index in [2.05, 4.69) is 35.3 Å². The largest absolute Gasteiger partial charge is 0.360 e. The number of rotatable bonds is 2. The molecule has 0 aliphatic carbocycles. The highest BCUT2D eigenvalue weighted by Gasteiger charge is 2.15. The Balaban J connectivity index is 2.23. The molecule has 0 atom stereocenters. The van der Waals surface area contributed by atoms with Gasteiger partial charge >= 0.3 is 0 Å². The smallest absolute Gasteiger partial charge is 0.146 e. The summed E-state index contributed by atoms with van der Waals surface area (Å²) in [7, 11) is 0. The number of hydrogen-bond acceptors (Lipinski definition) is 2. The van der Waals surface area contributed by atoms with Gasteiger partial charge in [0.1, 0.15) is 5.76 Å². The van der Waals surface area contributed by atoms with Crippen LogP contribution >= 0.6 is 0 Å². The van der Waals surface area contributed by atoms with Crippen molar-refractivity contribution in [2.45, 2.75) is 20.3 Å². The third-order valence-electron chi connectivity index (χ3n) is 3.05. The summed E-state index contributed by atoms with van der Waals surface area (Å²) in [5.41, 5.74) is 4.27. The number of H-pyrrole nitrogens is 1. The maximum atomic E-state index is 5.32. The molecule has 0 fully saturated rings. The predicted octanol–water partition coefficient (Wildman–Crippen LogP) is 3.69. The van der Waals surface area contributed by atoms with Crippen LogP contribution in [0.25, 0.3) is 22.2 Å². The first-order valence-electron chi connectivity index (χ1n) is 5.83. The molecule has 3 heteroatoms. The molecule has 2 heterocycles. The molecule has 0 saturated heterocycles. The zero-order valence-corrected chi connectivity index (χ0v) is 9.95. The predicted molar refractivity (Wildman–Crippen MR) is 67.9 cm³/mol. The second-order valence-corrected chi connectivity index (χ2v) is 4.19. The van der Waals surface area contributed by atoms with Gasteiger partial charge in [-0.25, -0.2) is 0 Å². The summed E-state index contributed by atoms with van der Waals surface area (Å²) in [6.45, 7) is 4.05. The lowest BCUT2D eigenvalue weighted by Gasteiger charge is -1.96. The quantitative estimate of drug-likeness (QED) is 0.724. The third kappa shape index (κ3) is 1.55. The number of aryl methyl sites for hydroxylation is 2. The van der Waals surface area contributed by atoms with Gasteiger partial charge in [-0.1, -0.05) is 30.3 Å². The molecule has 17 heavy (non-hydrogen) atoms. The fraction of sp³-hybridized carbons (Fsp3) is 0.214. The van der Waals surface area contributed by atoms with Gasteiger partial charge in [0.25, 0.3) is 0 Å². The standard InChI is InChI=1S/C14H14N2O/c1-3-13-14(9(2)16-17-13)12-8-10-6-4-5-7-11(10)15-12/h4-8,15H,3H2,1-2H3. The number of hydrogen-bond donors (Lipinski definition) is 1. The monoisotopic (exact) mass is 226 g/mol. The highest BCUT2D eigenvalue weighted by Crippen LogP contribution is 2.29. The number of nitrogens with one attached hydrogen (secondary N) is 1. The van der Waals surface area contributed by atoms with Gasteiger partial charge in [-0.05, 0) is 19.1 Å². The number of fused-ring (bicyclic) bond motifs is 1. The van der Waals surface area contributed by atoms with Crippen molar-refractivity contribution in [3.05, 3.63) is 41.8 Å². The number of benzene rings is 1. The van der Waals surface area contributed by atoms with Crippen LogP contribution in [0.3, 0.4) is 0 Å². The van der Waals surface area contributed by atoms with Crippen molar-refractivity contribution in [3.8, 4) is 11.3 Å². The van der Waals surface area contributed by atoms with Gasteiger partial charge in [-0.2, -0.15) is 0 Å². The van der Waals surface area contributed by atoms with E-state index in [-0.39, 0.29) is 0 Å². The fourth-order valence-corrected chi connectivity index (χ4v) is 2.21. The zero-order valence-electron chi connectivity index (χ0n) is 9.95. The summed E-state index contributed by atoms with van der Waals surface area (Å²) in [5.74, 6) is 0.939. The molecule has 3 rings (SSSR count). The summed E-state index contributed by atoms with van der Waals surface area (Å²) in [5, 5.41) is 5.25. The molecular formula is C14H14N2O. The normalized spacial score (nSPS) is 11.2. The van der Waals surface area contributed by atoms with Gasteiger partial charge < -0.3 is 9.51 Å². The average molecular weight is 226 g/mol. The van der Waals surface area contributed by atoms with E-state index in [1.54, 1.807) is 0 Å². The fourth-order valence-electron chi connectivity index (χ4n) is 2.21. The Morgan fingerprint density at radius 3 is 2.88 bits per heavy atom. The minimum absolute atomic E-state index is 0.853. The van der Waals surface area contributed by atoms with Gasteiger partial charge in [-0.3, -0.25) is 0 Å². The molecule has 0 unspecified atom stereocenters. The average Bonchev–Trinajstić information content (AvgIpc) is 2.91. The molecule has 86 valence electrons. The van der Waals surface area contributed by atoms with Crippen LogP contribution in [-0.4, -0.2) is 10.1 Å². The Morgan fingerprint density at radius 2 is 2.12 bits per heavy atom. The van der Waals surface area contributed by atoms with Crippen LogP contribution in [0.1, 0.15) is 18.4 Å². The summed E-state index contributed by atoms with van der Waals surface area (Å²) in [6.07, 6.45) is 0.853. The van der Waals surface area contributed by atoms with Gasteiger partial charge in [0.15, 0.2) is 0 Å². The molecule has 0 saturated carbocycles. The number of nitrogens with zero attached hydrogens (tertiary/aromatic N) is 1. The van der Waals surface area contributed by atoms with Crippen molar-refractivity contribution in [2.75, 3.05) is 0 Å². The van der Waals surface area contributed by atoms with Crippen LogP contribution in [0.4, 0.5) is 0 Å². The Hall–Kier alpha value is -2.03. The van der Waals surface area contributed by atoms with Crippen molar-refractivity contribution in [3.63, 3.8) is 0 Å². The van der Waals surface area contributed by atoms with Gasteiger partial charge in [0, 0.05) is 17.3 Å². The molecule has 0 radical (unpaired) electrons. The molecule has 2 aromatic heterocycles. The van der Waals surface area contributed by atoms with Crippen molar-refractivity contribution < 1.29 is 4.52 Å². The number of aromatic amines is 1. The summed E-state index contributed by atoms with van der Waals surface area (Å²) < 4.78 is 5.32. The van der Waals surface area contributed by atoms with Crippen molar-refractivity contribution in [1.82, 2.24) is 10.1 Å². The van der Waals surface area contributed by atoms with Crippen molar-refractivity contribution in [1.29, 1.82) is 0 Å². The third-order valence-corrected chi connectivity index (χ3v) is 3.05. The maximum absolute atomic E-state index is 5.32. The molecule has 0 aliphatic heterocycles. The van der Waals surface area contributed by atoms with Crippen LogP contribution in [0.2, 0.25) is 0 Å². The molecule has 3 nitrogen and oxygen atoms in total. The molecular weight excluding hydrogens is 212 g/mol. The molecule has 1 N–H and O–H groups in total. The molecule has 3 aromatic rings. The van der Waals surface area contributed by atoms with E-state index >= 15 is 0 Å². The van der Waals surface area contributed by atoms with E-state index in [0.717, 1.165) is 34.6 Å². The topological polar surface area (TPSA) is 41.8 Å². The van der Waals surface area contributed by atoms with E-state index in [9.17, 15) is 0 Å². The second kappa shape index (κ2) is 3.77. The Kier molecular flexibility index (Phi) is 2.25. The second-order valence-electron chi connectivity index (χ2n) is 4.19. The van der Waals surface area contributed by atoms with Crippen LogP contribution in [-0.2, 0) is 6.42 Å². The van der Waals surface area contributed by atoms with Crippen LogP contribution < -0.4 is 0 Å². The Morgan fingerprint density at radius 1 is 1.29 bits per heavy atom. The summed E-state index contributed by atoms with van der Waals surface area (Å²) >= 11 is 0. The first-order valence-corrected chi connectivity index (χ1v) is 5.83. The lowest BCUT2D eigenvalue weighted by atomic mass is 10.1. The van der Waals surface area contributed by atoms with Gasteiger partial charge in [-0.15, -0.1) is 0 Å². The Bertz CT molecular complexity index is 631. The molecule has 0 spiro atoms. The molecule has 1 aromatic carbocycles. The number of para-hydroxylation sites is 1. The minimum atomic E-state index is 0.853. The van der Waals surface area contributed by atoms with Gasteiger partial charge in [0.05, 0.1) is 17.0 Å². The van der Waals surface area contributed by atoms with Crippen molar-refractivity contribution in [2.24, 2.45) is 0 Å². The first-order chi connectivity index (χ1) is 8.29.